The molecule has 2 aliphatic rings. The van der Waals surface area contributed by atoms with Gasteiger partial charge in [-0.3, -0.25) is 4.79 Å². The first-order chi connectivity index (χ1) is 9.65. The highest BCUT2D eigenvalue weighted by atomic mass is 16.3. The number of phenolic OH excluding ortho intramolecular Hbond substituents is 1. The van der Waals surface area contributed by atoms with Crippen LogP contribution in [-0.2, 0) is 24.2 Å². The van der Waals surface area contributed by atoms with E-state index in [4.69, 9.17) is 5.73 Å². The number of carbonyl (C=O) groups excluding carboxylic acids is 1. The summed E-state index contributed by atoms with van der Waals surface area (Å²) in [5.74, 6) is 0.173. The van der Waals surface area contributed by atoms with Crippen molar-refractivity contribution in [2.45, 2.75) is 51.1 Å². The summed E-state index contributed by atoms with van der Waals surface area (Å²) >= 11 is 0. The molecule has 0 saturated carbocycles. The molecule has 20 heavy (non-hydrogen) atoms. The molecule has 2 atom stereocenters. The lowest BCUT2D eigenvalue weighted by atomic mass is 9.99. The van der Waals surface area contributed by atoms with Crippen LogP contribution in [0.2, 0.25) is 0 Å². The number of phenols is 1. The molecular formula is C16H23N2O2+. The van der Waals surface area contributed by atoms with Crippen molar-refractivity contribution in [3.8, 4) is 5.75 Å². The van der Waals surface area contributed by atoms with E-state index in [0.29, 0.717) is 12.3 Å². The minimum atomic E-state index is -0.208. The summed E-state index contributed by atoms with van der Waals surface area (Å²) in [7, 11) is 0. The number of carbonyl (C=O) groups is 1. The van der Waals surface area contributed by atoms with E-state index in [2.05, 4.69) is 6.07 Å². The fourth-order valence-corrected chi connectivity index (χ4v) is 3.68. The van der Waals surface area contributed by atoms with Crippen LogP contribution in [0.25, 0.3) is 0 Å². The summed E-state index contributed by atoms with van der Waals surface area (Å²) in [6.45, 7) is 1.66. The van der Waals surface area contributed by atoms with Gasteiger partial charge in [-0.1, -0.05) is 0 Å². The third-order valence-electron chi connectivity index (χ3n) is 4.79. The molecule has 1 aromatic carbocycles. The molecule has 4 heteroatoms. The van der Waals surface area contributed by atoms with Gasteiger partial charge < -0.3 is 15.7 Å². The third-order valence-corrected chi connectivity index (χ3v) is 4.79. The number of aromatic hydroxyl groups is 1. The van der Waals surface area contributed by atoms with Crippen LogP contribution in [0, 0.1) is 0 Å². The van der Waals surface area contributed by atoms with Crippen molar-refractivity contribution in [1.82, 2.24) is 0 Å². The fourth-order valence-electron chi connectivity index (χ4n) is 3.68. The monoisotopic (exact) mass is 275 g/mol. The standard InChI is InChI=1S/C16H22N2O2/c17-16(20)14-6-1-2-7-18(14)10-13-8-11-4-3-5-12(11)9-15(13)19/h8-9,14,19H,1-7,10H2,(H2,17,20)/p+1/t14-/m1/s1. The van der Waals surface area contributed by atoms with E-state index in [1.807, 2.05) is 6.07 Å². The molecule has 0 radical (unpaired) electrons. The van der Waals surface area contributed by atoms with Gasteiger partial charge in [0, 0.05) is 12.0 Å². The quantitative estimate of drug-likeness (QED) is 0.743. The Hall–Kier alpha value is -1.55. The number of primary amides is 1. The van der Waals surface area contributed by atoms with Gasteiger partial charge in [-0.05, 0) is 55.4 Å². The van der Waals surface area contributed by atoms with Crippen LogP contribution in [-0.4, -0.2) is 23.6 Å². The fraction of sp³-hybridized carbons (Fsp3) is 0.562. The summed E-state index contributed by atoms with van der Waals surface area (Å²) in [5.41, 5.74) is 9.13. The van der Waals surface area contributed by atoms with Crippen LogP contribution in [0.3, 0.4) is 0 Å². The van der Waals surface area contributed by atoms with E-state index in [-0.39, 0.29) is 11.9 Å². The normalized spacial score (nSPS) is 25.4. The van der Waals surface area contributed by atoms with E-state index in [1.165, 1.54) is 22.4 Å². The number of nitrogens with one attached hydrogen (secondary N) is 1. The van der Waals surface area contributed by atoms with Gasteiger partial charge in [0.15, 0.2) is 6.04 Å². The number of nitrogens with two attached hydrogens (primary N) is 1. The van der Waals surface area contributed by atoms with Gasteiger partial charge >= 0.3 is 0 Å². The number of hydrogen-bond acceptors (Lipinski definition) is 2. The van der Waals surface area contributed by atoms with E-state index in [9.17, 15) is 9.90 Å². The second kappa shape index (κ2) is 5.44. The largest absolute Gasteiger partial charge is 0.507 e. The van der Waals surface area contributed by atoms with Crippen molar-refractivity contribution >= 4 is 5.91 Å². The van der Waals surface area contributed by atoms with E-state index < -0.39 is 0 Å². The molecule has 0 spiro atoms. The highest BCUT2D eigenvalue weighted by Crippen LogP contribution is 2.28. The molecule has 1 fully saturated rings. The number of aryl methyl sites for hydroxylation is 2. The molecule has 0 bridgehead atoms. The Balaban J connectivity index is 1.81. The minimum absolute atomic E-state index is 0.101. The van der Waals surface area contributed by atoms with Crippen LogP contribution >= 0.6 is 0 Å². The van der Waals surface area contributed by atoms with Gasteiger partial charge in [0.05, 0.1) is 6.54 Å². The average molecular weight is 275 g/mol. The Morgan fingerprint density at radius 1 is 1.25 bits per heavy atom. The molecule has 1 unspecified atom stereocenters. The minimum Gasteiger partial charge on any atom is -0.507 e. The zero-order valence-corrected chi connectivity index (χ0v) is 11.8. The summed E-state index contributed by atoms with van der Waals surface area (Å²) in [5, 5.41) is 10.2. The third kappa shape index (κ3) is 2.52. The summed E-state index contributed by atoms with van der Waals surface area (Å²) in [6, 6.07) is 3.95. The van der Waals surface area contributed by atoms with Crippen LogP contribution in [0.4, 0.5) is 0 Å². The van der Waals surface area contributed by atoms with Crippen molar-refractivity contribution in [2.24, 2.45) is 5.73 Å². The molecule has 1 heterocycles. The van der Waals surface area contributed by atoms with Gasteiger partial charge in [0.25, 0.3) is 5.91 Å². The number of piperidine rings is 1. The van der Waals surface area contributed by atoms with Crippen molar-refractivity contribution in [3.05, 3.63) is 28.8 Å². The second-order valence-electron chi connectivity index (χ2n) is 6.14. The number of likely N-dealkylation sites (tertiary alicyclic amines) is 1. The number of quaternary nitrogens is 1. The first kappa shape index (κ1) is 13.4. The molecule has 1 aliphatic carbocycles. The molecule has 108 valence electrons. The number of fused-ring (bicyclic) bond motifs is 1. The first-order valence-corrected chi connectivity index (χ1v) is 7.62. The van der Waals surface area contributed by atoms with Crippen molar-refractivity contribution in [2.75, 3.05) is 6.54 Å². The first-order valence-electron chi connectivity index (χ1n) is 7.62. The second-order valence-corrected chi connectivity index (χ2v) is 6.14. The Labute approximate surface area is 119 Å². The number of benzene rings is 1. The number of rotatable bonds is 3. The molecular weight excluding hydrogens is 252 g/mol. The lowest BCUT2D eigenvalue weighted by Crippen LogP contribution is -3.16. The lowest BCUT2D eigenvalue weighted by Gasteiger charge is -2.30. The van der Waals surface area contributed by atoms with Gasteiger partial charge in [-0.15, -0.1) is 0 Å². The van der Waals surface area contributed by atoms with E-state index in [1.54, 1.807) is 0 Å². The highest BCUT2D eigenvalue weighted by Gasteiger charge is 2.31. The van der Waals surface area contributed by atoms with Gasteiger partial charge in [0.2, 0.25) is 0 Å². The molecule has 1 amide bonds. The van der Waals surface area contributed by atoms with Crippen LogP contribution in [0.1, 0.15) is 42.4 Å². The summed E-state index contributed by atoms with van der Waals surface area (Å²) in [4.78, 5) is 12.8. The zero-order valence-electron chi connectivity index (χ0n) is 11.8. The molecule has 0 aromatic heterocycles. The van der Waals surface area contributed by atoms with Crippen LogP contribution in [0.5, 0.6) is 5.75 Å². The predicted octanol–water partition coefficient (Wildman–Crippen LogP) is 0.304. The maximum Gasteiger partial charge on any atom is 0.275 e. The van der Waals surface area contributed by atoms with Crippen molar-refractivity contribution in [1.29, 1.82) is 0 Å². The Kier molecular flexibility index (Phi) is 3.66. The average Bonchev–Trinajstić information content (AvgIpc) is 2.86. The van der Waals surface area contributed by atoms with Gasteiger partial charge in [-0.25, -0.2) is 0 Å². The molecule has 4 N–H and O–H groups in total. The van der Waals surface area contributed by atoms with Gasteiger partial charge in [-0.2, -0.15) is 0 Å². The molecule has 1 aromatic rings. The van der Waals surface area contributed by atoms with Crippen LogP contribution < -0.4 is 10.6 Å². The summed E-state index contributed by atoms with van der Waals surface area (Å²) < 4.78 is 0. The number of hydrogen-bond donors (Lipinski definition) is 3. The van der Waals surface area contributed by atoms with Crippen molar-refractivity contribution < 1.29 is 14.8 Å². The Morgan fingerprint density at radius 3 is 2.75 bits per heavy atom. The highest BCUT2D eigenvalue weighted by molar-refractivity contribution is 5.78. The molecule has 1 saturated heterocycles. The van der Waals surface area contributed by atoms with Crippen LogP contribution in [0.15, 0.2) is 12.1 Å². The SMILES string of the molecule is NC(=O)[C@H]1CCCC[NH+]1Cc1cc2c(cc1O)CCC2. The molecule has 3 rings (SSSR count). The maximum absolute atomic E-state index is 11.6. The van der Waals surface area contributed by atoms with Crippen molar-refractivity contribution in [3.63, 3.8) is 0 Å². The summed E-state index contributed by atoms with van der Waals surface area (Å²) in [6.07, 6.45) is 6.44. The smallest absolute Gasteiger partial charge is 0.275 e. The zero-order chi connectivity index (χ0) is 14.1. The Bertz CT molecular complexity index is 527. The predicted molar refractivity (Wildman–Crippen MR) is 76.5 cm³/mol. The Morgan fingerprint density at radius 2 is 2.00 bits per heavy atom. The topological polar surface area (TPSA) is 67.8 Å². The lowest BCUT2D eigenvalue weighted by molar-refractivity contribution is -0.934. The van der Waals surface area contributed by atoms with E-state index >= 15 is 0 Å². The van der Waals surface area contributed by atoms with E-state index in [0.717, 1.165) is 44.2 Å². The van der Waals surface area contributed by atoms with Gasteiger partial charge in [0.1, 0.15) is 12.3 Å². The molecule has 4 nitrogen and oxygen atoms in total. The molecule has 1 aliphatic heterocycles. The number of amides is 1. The maximum atomic E-state index is 11.6.